The number of nitrogens with one attached hydrogen (secondary N) is 1. The molecule has 82 valence electrons. The Morgan fingerprint density at radius 2 is 2.00 bits per heavy atom. The maximum absolute atomic E-state index is 10.6. The van der Waals surface area contributed by atoms with Crippen LogP contribution in [0.3, 0.4) is 0 Å². The quantitative estimate of drug-likeness (QED) is 0.491. The molecule has 0 aliphatic rings. The smallest absolute Gasteiger partial charge is 0.207 e. The summed E-state index contributed by atoms with van der Waals surface area (Å²) in [5.41, 5.74) is -0.302. The van der Waals surface area contributed by atoms with Crippen molar-refractivity contribution in [2.24, 2.45) is 0 Å². The van der Waals surface area contributed by atoms with Gasteiger partial charge in [0.15, 0.2) is 0 Å². The standard InChI is InChI=1S/C10H19NO3/c1-10(2,3)14-9(7-12)5-4-6-11-8-13/h7-9H,4-6H2,1-3H3,(H,11,13)/t9-/m1/s1. The molecule has 1 atom stereocenters. The minimum Gasteiger partial charge on any atom is -0.365 e. The first kappa shape index (κ1) is 13.1. The van der Waals surface area contributed by atoms with Crippen molar-refractivity contribution in [3.05, 3.63) is 0 Å². The van der Waals surface area contributed by atoms with E-state index in [2.05, 4.69) is 5.32 Å². The second-order valence-electron chi connectivity index (χ2n) is 4.12. The largest absolute Gasteiger partial charge is 0.365 e. The van der Waals surface area contributed by atoms with Crippen LogP contribution in [0.1, 0.15) is 33.6 Å². The van der Waals surface area contributed by atoms with Crippen molar-refractivity contribution in [2.45, 2.75) is 45.3 Å². The van der Waals surface area contributed by atoms with Gasteiger partial charge in [0.2, 0.25) is 6.41 Å². The Bertz CT molecular complexity index is 175. The second kappa shape index (κ2) is 6.54. The van der Waals surface area contributed by atoms with Crippen molar-refractivity contribution in [1.29, 1.82) is 0 Å². The maximum atomic E-state index is 10.6. The zero-order valence-electron chi connectivity index (χ0n) is 9.08. The Labute approximate surface area is 85.0 Å². The summed E-state index contributed by atoms with van der Waals surface area (Å²) in [5, 5.41) is 2.54. The highest BCUT2D eigenvalue weighted by Gasteiger charge is 2.17. The van der Waals surface area contributed by atoms with Crippen molar-refractivity contribution < 1.29 is 14.3 Å². The number of amides is 1. The summed E-state index contributed by atoms with van der Waals surface area (Å²) < 4.78 is 5.48. The summed E-state index contributed by atoms with van der Waals surface area (Å²) in [4.78, 5) is 20.6. The molecule has 0 radical (unpaired) electrons. The number of carbonyl (C=O) groups is 2. The normalized spacial score (nSPS) is 13.4. The van der Waals surface area contributed by atoms with Crippen LogP contribution in [0.15, 0.2) is 0 Å². The Morgan fingerprint density at radius 1 is 1.36 bits per heavy atom. The minimum absolute atomic E-state index is 0.302. The zero-order valence-corrected chi connectivity index (χ0v) is 9.08. The molecule has 0 spiro atoms. The lowest BCUT2D eigenvalue weighted by Gasteiger charge is -2.24. The predicted molar refractivity (Wildman–Crippen MR) is 54.0 cm³/mol. The van der Waals surface area contributed by atoms with Crippen LogP contribution < -0.4 is 5.32 Å². The van der Waals surface area contributed by atoms with Gasteiger partial charge in [-0.2, -0.15) is 0 Å². The van der Waals surface area contributed by atoms with Crippen molar-refractivity contribution in [3.63, 3.8) is 0 Å². The number of hydrogen-bond acceptors (Lipinski definition) is 3. The van der Waals surface area contributed by atoms with Crippen LogP contribution in [0.4, 0.5) is 0 Å². The van der Waals surface area contributed by atoms with E-state index >= 15 is 0 Å². The molecule has 0 aromatic carbocycles. The van der Waals surface area contributed by atoms with E-state index in [1.807, 2.05) is 20.8 Å². The van der Waals surface area contributed by atoms with Crippen LogP contribution >= 0.6 is 0 Å². The first-order valence-electron chi connectivity index (χ1n) is 4.80. The molecule has 0 heterocycles. The summed E-state index contributed by atoms with van der Waals surface area (Å²) >= 11 is 0. The van der Waals surface area contributed by atoms with E-state index in [0.29, 0.717) is 19.4 Å². The van der Waals surface area contributed by atoms with Gasteiger partial charge in [0.05, 0.1) is 5.60 Å². The fourth-order valence-corrected chi connectivity index (χ4v) is 1.07. The number of hydrogen-bond donors (Lipinski definition) is 1. The van der Waals surface area contributed by atoms with Gasteiger partial charge in [-0.3, -0.25) is 4.79 Å². The fraction of sp³-hybridized carbons (Fsp3) is 0.800. The minimum atomic E-state index is -0.372. The van der Waals surface area contributed by atoms with Gasteiger partial charge in [0, 0.05) is 6.54 Å². The Morgan fingerprint density at radius 3 is 2.43 bits per heavy atom. The molecule has 14 heavy (non-hydrogen) atoms. The highest BCUT2D eigenvalue weighted by molar-refractivity contribution is 5.56. The third-order valence-corrected chi connectivity index (χ3v) is 1.55. The van der Waals surface area contributed by atoms with E-state index in [0.717, 1.165) is 12.7 Å². The summed E-state index contributed by atoms with van der Waals surface area (Å²) in [7, 11) is 0. The Hall–Kier alpha value is -0.900. The van der Waals surface area contributed by atoms with E-state index in [9.17, 15) is 9.59 Å². The van der Waals surface area contributed by atoms with E-state index in [1.54, 1.807) is 0 Å². The average Bonchev–Trinajstić information content (AvgIpc) is 2.08. The molecule has 0 fully saturated rings. The lowest BCUT2D eigenvalue weighted by Crippen LogP contribution is -2.29. The first-order valence-corrected chi connectivity index (χ1v) is 4.80. The predicted octanol–water partition coefficient (Wildman–Crippen LogP) is 0.895. The molecule has 4 nitrogen and oxygen atoms in total. The second-order valence-corrected chi connectivity index (χ2v) is 4.12. The van der Waals surface area contributed by atoms with E-state index in [1.165, 1.54) is 0 Å². The van der Waals surface area contributed by atoms with E-state index in [4.69, 9.17) is 4.74 Å². The van der Waals surface area contributed by atoms with Gasteiger partial charge in [0.1, 0.15) is 12.4 Å². The Kier molecular flexibility index (Phi) is 6.12. The topological polar surface area (TPSA) is 55.4 Å². The van der Waals surface area contributed by atoms with Gasteiger partial charge in [0.25, 0.3) is 0 Å². The summed E-state index contributed by atoms with van der Waals surface area (Å²) in [6.45, 7) is 6.31. The third-order valence-electron chi connectivity index (χ3n) is 1.55. The number of rotatable bonds is 7. The highest BCUT2D eigenvalue weighted by atomic mass is 16.5. The molecule has 0 aliphatic carbocycles. The van der Waals surface area contributed by atoms with Gasteiger partial charge in [-0.1, -0.05) is 0 Å². The van der Waals surface area contributed by atoms with E-state index in [-0.39, 0.29) is 11.7 Å². The van der Waals surface area contributed by atoms with Crippen LogP contribution in [-0.2, 0) is 14.3 Å². The molecule has 1 amide bonds. The van der Waals surface area contributed by atoms with Crippen molar-refractivity contribution in [3.8, 4) is 0 Å². The zero-order chi connectivity index (χ0) is 11.0. The van der Waals surface area contributed by atoms with Crippen molar-refractivity contribution in [2.75, 3.05) is 6.54 Å². The average molecular weight is 201 g/mol. The van der Waals surface area contributed by atoms with Crippen molar-refractivity contribution in [1.82, 2.24) is 5.32 Å². The van der Waals surface area contributed by atoms with Crippen LogP contribution in [-0.4, -0.2) is 30.9 Å². The maximum Gasteiger partial charge on any atom is 0.207 e. The van der Waals surface area contributed by atoms with Gasteiger partial charge in [-0.15, -0.1) is 0 Å². The first-order chi connectivity index (χ1) is 6.49. The van der Waals surface area contributed by atoms with Crippen LogP contribution in [0.5, 0.6) is 0 Å². The van der Waals surface area contributed by atoms with Crippen LogP contribution in [0, 0.1) is 0 Å². The molecular weight excluding hydrogens is 182 g/mol. The van der Waals surface area contributed by atoms with Crippen LogP contribution in [0.25, 0.3) is 0 Å². The highest BCUT2D eigenvalue weighted by Crippen LogP contribution is 2.12. The summed E-state index contributed by atoms with van der Waals surface area (Å²) in [5.74, 6) is 0. The fourth-order valence-electron chi connectivity index (χ4n) is 1.07. The molecule has 4 heteroatoms. The van der Waals surface area contributed by atoms with Crippen LogP contribution in [0.2, 0.25) is 0 Å². The molecule has 0 saturated carbocycles. The van der Waals surface area contributed by atoms with Crippen molar-refractivity contribution >= 4 is 12.7 Å². The molecule has 0 aromatic heterocycles. The third kappa shape index (κ3) is 7.73. The molecule has 1 N–H and O–H groups in total. The lowest BCUT2D eigenvalue weighted by atomic mass is 10.1. The molecule has 0 saturated heterocycles. The molecule has 0 bridgehead atoms. The van der Waals surface area contributed by atoms with Gasteiger partial charge >= 0.3 is 0 Å². The number of carbonyl (C=O) groups excluding carboxylic acids is 2. The molecule has 0 rings (SSSR count). The molecule has 0 unspecified atom stereocenters. The van der Waals surface area contributed by atoms with Gasteiger partial charge in [-0.25, -0.2) is 0 Å². The monoisotopic (exact) mass is 201 g/mol. The van der Waals surface area contributed by atoms with E-state index < -0.39 is 0 Å². The molecule has 0 aliphatic heterocycles. The summed E-state index contributed by atoms with van der Waals surface area (Å²) in [6, 6.07) is 0. The number of aldehydes is 1. The molecule has 0 aromatic rings. The summed E-state index contributed by atoms with van der Waals surface area (Å²) in [6.07, 6.45) is 2.48. The molecular formula is C10H19NO3. The van der Waals surface area contributed by atoms with Gasteiger partial charge in [-0.05, 0) is 33.6 Å². The lowest BCUT2D eigenvalue weighted by molar-refractivity contribution is -0.128. The SMILES string of the molecule is CC(C)(C)O[C@@H](C=O)CCCNC=O. The Balaban J connectivity index is 3.69. The number of ether oxygens (including phenoxy) is 1. The van der Waals surface area contributed by atoms with Gasteiger partial charge < -0.3 is 14.8 Å².